The molecule has 0 fully saturated rings. The fourth-order valence-electron chi connectivity index (χ4n) is 2.19. The molecule has 0 heterocycles. The van der Waals surface area contributed by atoms with Gasteiger partial charge in [0, 0.05) is 33.4 Å². The van der Waals surface area contributed by atoms with Crippen LogP contribution in [0.25, 0.3) is 0 Å². The van der Waals surface area contributed by atoms with Crippen molar-refractivity contribution in [2.45, 2.75) is 19.5 Å². The number of benzene rings is 1. The van der Waals surface area contributed by atoms with Gasteiger partial charge in [0.2, 0.25) is 0 Å². The van der Waals surface area contributed by atoms with E-state index in [9.17, 15) is 0 Å². The number of nitriles is 1. The van der Waals surface area contributed by atoms with Crippen molar-refractivity contribution in [2.75, 3.05) is 41.1 Å². The summed E-state index contributed by atoms with van der Waals surface area (Å²) in [6, 6.07) is 8.14. The molecular formula is C16H24N2O3. The smallest absolute Gasteiger partial charge is 0.136 e. The Morgan fingerprint density at radius 1 is 1.24 bits per heavy atom. The van der Waals surface area contributed by atoms with E-state index in [2.05, 4.69) is 17.9 Å². The summed E-state index contributed by atoms with van der Waals surface area (Å²) in [7, 11) is 4.97. The van der Waals surface area contributed by atoms with Crippen LogP contribution in [0.2, 0.25) is 0 Å². The first-order chi connectivity index (χ1) is 10.2. The molecule has 5 nitrogen and oxygen atoms in total. The summed E-state index contributed by atoms with van der Waals surface area (Å²) in [4.78, 5) is 2.27. The van der Waals surface area contributed by atoms with Crippen molar-refractivity contribution in [3.05, 3.63) is 29.3 Å². The molecule has 1 rings (SSSR count). The van der Waals surface area contributed by atoms with Crippen LogP contribution in [0.4, 0.5) is 0 Å². The van der Waals surface area contributed by atoms with E-state index < -0.39 is 0 Å². The minimum absolute atomic E-state index is 0.276. The molecule has 1 aromatic carbocycles. The zero-order chi connectivity index (χ0) is 15.7. The highest BCUT2D eigenvalue weighted by Crippen LogP contribution is 2.20. The average Bonchev–Trinajstić information content (AvgIpc) is 2.51. The predicted octanol–water partition coefficient (Wildman–Crippen LogP) is 2.05. The van der Waals surface area contributed by atoms with Gasteiger partial charge in [-0.3, -0.25) is 4.90 Å². The topological polar surface area (TPSA) is 54.7 Å². The summed E-state index contributed by atoms with van der Waals surface area (Å²) in [6.07, 6.45) is 0. The molecule has 0 saturated carbocycles. The number of ether oxygens (including phenoxy) is 3. The second kappa shape index (κ2) is 9.35. The second-order valence-electron chi connectivity index (χ2n) is 4.91. The van der Waals surface area contributed by atoms with Crippen LogP contribution >= 0.6 is 0 Å². The van der Waals surface area contributed by atoms with E-state index in [4.69, 9.17) is 19.5 Å². The Morgan fingerprint density at radius 3 is 2.57 bits per heavy atom. The lowest BCUT2D eigenvalue weighted by Crippen LogP contribution is -2.38. The highest BCUT2D eigenvalue weighted by molar-refractivity contribution is 5.45. The van der Waals surface area contributed by atoms with E-state index in [0.29, 0.717) is 24.5 Å². The fraction of sp³-hybridized carbons (Fsp3) is 0.562. The van der Waals surface area contributed by atoms with Crippen LogP contribution in [0.1, 0.15) is 18.1 Å². The van der Waals surface area contributed by atoms with Crippen LogP contribution in [0.3, 0.4) is 0 Å². The lowest BCUT2D eigenvalue weighted by molar-refractivity contribution is 0.0705. The van der Waals surface area contributed by atoms with Gasteiger partial charge in [-0.25, -0.2) is 0 Å². The summed E-state index contributed by atoms with van der Waals surface area (Å²) in [5.74, 6) is 0.606. The van der Waals surface area contributed by atoms with E-state index >= 15 is 0 Å². The molecule has 0 bridgehead atoms. The second-order valence-corrected chi connectivity index (χ2v) is 4.91. The van der Waals surface area contributed by atoms with Crippen molar-refractivity contribution < 1.29 is 14.2 Å². The van der Waals surface area contributed by atoms with Crippen LogP contribution in [-0.2, 0) is 16.0 Å². The molecule has 5 heteroatoms. The molecule has 21 heavy (non-hydrogen) atoms. The minimum atomic E-state index is 0.276. The number of hydrogen-bond donors (Lipinski definition) is 0. The van der Waals surface area contributed by atoms with Gasteiger partial charge in [-0.15, -0.1) is 0 Å². The van der Waals surface area contributed by atoms with Crippen LogP contribution in [0.5, 0.6) is 5.75 Å². The lowest BCUT2D eigenvalue weighted by atomic mass is 10.1. The maximum atomic E-state index is 9.16. The maximum absolute atomic E-state index is 9.16. The first-order valence-corrected chi connectivity index (χ1v) is 6.95. The molecule has 0 spiro atoms. The van der Waals surface area contributed by atoms with Crippen LogP contribution in [-0.4, -0.2) is 52.0 Å². The summed E-state index contributed by atoms with van der Waals surface area (Å²) >= 11 is 0. The molecule has 0 N–H and O–H groups in total. The summed E-state index contributed by atoms with van der Waals surface area (Å²) in [6.45, 7) is 5.00. The van der Waals surface area contributed by atoms with Crippen LogP contribution in [0, 0.1) is 11.3 Å². The van der Waals surface area contributed by atoms with Crippen molar-refractivity contribution in [3.63, 3.8) is 0 Å². The summed E-state index contributed by atoms with van der Waals surface area (Å²) in [5.41, 5.74) is 1.63. The standard InChI is InChI=1S/C16H24N2O3/c1-13(12-20-3)18(7-8-19-2)11-14-5-6-16(21-4)15(9-14)10-17/h5-6,9,13H,7-8,11-12H2,1-4H3. The van der Waals surface area contributed by atoms with Gasteiger partial charge in [0.05, 0.1) is 25.9 Å². The Kier molecular flexibility index (Phi) is 7.76. The lowest BCUT2D eigenvalue weighted by Gasteiger charge is -2.28. The first kappa shape index (κ1) is 17.4. The molecule has 1 unspecified atom stereocenters. The largest absolute Gasteiger partial charge is 0.495 e. The van der Waals surface area contributed by atoms with Gasteiger partial charge in [-0.05, 0) is 24.6 Å². The zero-order valence-electron chi connectivity index (χ0n) is 13.3. The zero-order valence-corrected chi connectivity index (χ0v) is 13.3. The monoisotopic (exact) mass is 292 g/mol. The average molecular weight is 292 g/mol. The summed E-state index contributed by atoms with van der Waals surface area (Å²) < 4.78 is 15.6. The number of methoxy groups -OCH3 is 3. The van der Waals surface area contributed by atoms with E-state index in [1.165, 1.54) is 0 Å². The van der Waals surface area contributed by atoms with Crippen molar-refractivity contribution >= 4 is 0 Å². The minimum Gasteiger partial charge on any atom is -0.495 e. The summed E-state index contributed by atoms with van der Waals surface area (Å²) in [5, 5.41) is 9.16. The molecule has 1 aromatic rings. The molecular weight excluding hydrogens is 268 g/mol. The van der Waals surface area contributed by atoms with Gasteiger partial charge in [-0.2, -0.15) is 5.26 Å². The Labute approximate surface area is 127 Å². The Balaban J connectivity index is 2.84. The molecule has 0 aliphatic rings. The first-order valence-electron chi connectivity index (χ1n) is 6.95. The molecule has 0 aromatic heterocycles. The van der Waals surface area contributed by atoms with Gasteiger partial charge in [0.1, 0.15) is 11.8 Å². The Morgan fingerprint density at radius 2 is 2.00 bits per heavy atom. The third-order valence-electron chi connectivity index (χ3n) is 3.38. The molecule has 116 valence electrons. The van der Waals surface area contributed by atoms with E-state index in [0.717, 1.165) is 18.7 Å². The normalized spacial score (nSPS) is 12.2. The Hall–Kier alpha value is -1.61. The highest BCUT2D eigenvalue weighted by Gasteiger charge is 2.15. The molecule has 0 aliphatic carbocycles. The van der Waals surface area contributed by atoms with Gasteiger partial charge in [-0.1, -0.05) is 6.07 Å². The van der Waals surface area contributed by atoms with E-state index in [-0.39, 0.29) is 6.04 Å². The number of hydrogen-bond acceptors (Lipinski definition) is 5. The van der Waals surface area contributed by atoms with Crippen LogP contribution < -0.4 is 4.74 Å². The molecule has 1 atom stereocenters. The fourth-order valence-corrected chi connectivity index (χ4v) is 2.19. The van der Waals surface area contributed by atoms with Crippen LogP contribution in [0.15, 0.2) is 18.2 Å². The molecule has 0 saturated heterocycles. The SMILES string of the molecule is COCCN(Cc1ccc(OC)c(C#N)c1)C(C)COC. The van der Waals surface area contributed by atoms with Crippen molar-refractivity contribution in [3.8, 4) is 11.8 Å². The highest BCUT2D eigenvalue weighted by atomic mass is 16.5. The molecule has 0 radical (unpaired) electrons. The van der Waals surface area contributed by atoms with Gasteiger partial charge in [0.15, 0.2) is 0 Å². The molecule has 0 amide bonds. The van der Waals surface area contributed by atoms with Crippen molar-refractivity contribution in [1.29, 1.82) is 5.26 Å². The Bertz CT molecular complexity index is 471. The van der Waals surface area contributed by atoms with Crippen molar-refractivity contribution in [2.24, 2.45) is 0 Å². The van der Waals surface area contributed by atoms with E-state index in [1.54, 1.807) is 21.3 Å². The van der Waals surface area contributed by atoms with E-state index in [1.807, 2.05) is 18.2 Å². The quantitative estimate of drug-likeness (QED) is 0.697. The predicted molar refractivity (Wildman–Crippen MR) is 81.3 cm³/mol. The van der Waals surface area contributed by atoms with Crippen molar-refractivity contribution in [1.82, 2.24) is 4.90 Å². The number of nitrogens with zero attached hydrogens (tertiary/aromatic N) is 2. The van der Waals surface area contributed by atoms with Gasteiger partial charge in [0.25, 0.3) is 0 Å². The third-order valence-corrected chi connectivity index (χ3v) is 3.38. The third kappa shape index (κ3) is 5.35. The van der Waals surface area contributed by atoms with Gasteiger partial charge < -0.3 is 14.2 Å². The number of rotatable bonds is 9. The molecule has 0 aliphatic heterocycles. The van der Waals surface area contributed by atoms with Gasteiger partial charge >= 0.3 is 0 Å². The maximum Gasteiger partial charge on any atom is 0.136 e.